The first-order chi connectivity index (χ1) is 8.85. The van der Waals surface area contributed by atoms with Crippen LogP contribution in [0.1, 0.15) is 29.2 Å². The maximum Gasteiger partial charge on any atom is 0.352 e. The Kier molecular flexibility index (Phi) is 4.43. The quantitative estimate of drug-likeness (QED) is 0.808. The molecule has 1 amide bonds. The molecule has 0 spiro atoms. The second kappa shape index (κ2) is 5.83. The SMILES string of the molecule is CC(=O)N/C(=C\c1c(C)cc(C#N)cc1C)C(=O)O. The molecule has 1 rings (SSSR count). The van der Waals surface area contributed by atoms with Gasteiger partial charge in [-0.05, 0) is 48.7 Å². The van der Waals surface area contributed by atoms with E-state index in [4.69, 9.17) is 10.4 Å². The predicted molar refractivity (Wildman–Crippen MR) is 70.1 cm³/mol. The third kappa shape index (κ3) is 3.68. The van der Waals surface area contributed by atoms with E-state index in [0.29, 0.717) is 11.1 Å². The number of nitrogens with one attached hydrogen (secondary N) is 1. The molecule has 5 nitrogen and oxygen atoms in total. The molecule has 0 heterocycles. The number of nitrogens with zero attached hydrogens (tertiary/aromatic N) is 1. The van der Waals surface area contributed by atoms with Gasteiger partial charge in [-0.3, -0.25) is 4.79 Å². The topological polar surface area (TPSA) is 90.2 Å². The molecule has 0 atom stereocenters. The molecule has 0 unspecified atom stereocenters. The lowest BCUT2D eigenvalue weighted by atomic mass is 9.99. The maximum atomic E-state index is 11.0. The lowest BCUT2D eigenvalue weighted by molar-refractivity contribution is -0.134. The van der Waals surface area contributed by atoms with Crippen molar-refractivity contribution in [1.82, 2.24) is 5.32 Å². The first-order valence-corrected chi connectivity index (χ1v) is 5.59. The summed E-state index contributed by atoms with van der Waals surface area (Å²) in [6.45, 7) is 4.81. The Labute approximate surface area is 111 Å². The van der Waals surface area contributed by atoms with Crippen molar-refractivity contribution in [2.75, 3.05) is 0 Å². The third-order valence-corrected chi connectivity index (χ3v) is 2.55. The van der Waals surface area contributed by atoms with Crippen LogP contribution in [0.2, 0.25) is 0 Å². The van der Waals surface area contributed by atoms with Crippen LogP contribution in [0.5, 0.6) is 0 Å². The van der Waals surface area contributed by atoms with E-state index in [1.807, 2.05) is 6.07 Å². The summed E-state index contributed by atoms with van der Waals surface area (Å²) in [5.41, 5.74) is 2.57. The fraction of sp³-hybridized carbons (Fsp3) is 0.214. The molecular formula is C14H14N2O3. The molecule has 2 N–H and O–H groups in total. The minimum atomic E-state index is -1.21. The van der Waals surface area contributed by atoms with Crippen LogP contribution >= 0.6 is 0 Å². The highest BCUT2D eigenvalue weighted by Gasteiger charge is 2.11. The Morgan fingerprint density at radius 3 is 2.21 bits per heavy atom. The second-order valence-electron chi connectivity index (χ2n) is 4.18. The van der Waals surface area contributed by atoms with Gasteiger partial charge in [0, 0.05) is 6.92 Å². The number of carboxylic acids is 1. The highest BCUT2D eigenvalue weighted by molar-refractivity contribution is 5.96. The van der Waals surface area contributed by atoms with Crippen LogP contribution in [0.25, 0.3) is 6.08 Å². The van der Waals surface area contributed by atoms with Crippen molar-refractivity contribution in [3.63, 3.8) is 0 Å². The highest BCUT2D eigenvalue weighted by atomic mass is 16.4. The van der Waals surface area contributed by atoms with Crippen LogP contribution in [0.15, 0.2) is 17.8 Å². The van der Waals surface area contributed by atoms with E-state index in [1.54, 1.807) is 26.0 Å². The Morgan fingerprint density at radius 1 is 1.32 bits per heavy atom. The smallest absolute Gasteiger partial charge is 0.352 e. The Balaban J connectivity index is 3.33. The number of carbonyl (C=O) groups excluding carboxylic acids is 1. The van der Waals surface area contributed by atoms with Gasteiger partial charge in [0.2, 0.25) is 5.91 Å². The van der Waals surface area contributed by atoms with Crippen molar-refractivity contribution in [1.29, 1.82) is 5.26 Å². The van der Waals surface area contributed by atoms with Gasteiger partial charge in [-0.25, -0.2) is 4.79 Å². The summed E-state index contributed by atoms with van der Waals surface area (Å²) in [6, 6.07) is 5.38. The molecule has 0 bridgehead atoms. The van der Waals surface area contributed by atoms with Crippen molar-refractivity contribution in [3.8, 4) is 6.07 Å². The normalized spacial score (nSPS) is 10.7. The number of aryl methyl sites for hydroxylation is 2. The number of benzene rings is 1. The van der Waals surface area contributed by atoms with E-state index in [1.165, 1.54) is 13.0 Å². The van der Waals surface area contributed by atoms with Gasteiger partial charge in [-0.1, -0.05) is 0 Å². The average molecular weight is 258 g/mol. The third-order valence-electron chi connectivity index (χ3n) is 2.55. The number of carbonyl (C=O) groups is 2. The van der Waals surface area contributed by atoms with Crippen LogP contribution < -0.4 is 5.32 Å². The minimum absolute atomic E-state index is 0.191. The first kappa shape index (κ1) is 14.5. The Morgan fingerprint density at radius 2 is 1.84 bits per heavy atom. The standard InChI is InChI=1S/C14H14N2O3/c1-8-4-11(7-15)5-9(2)12(8)6-13(14(18)19)16-10(3)17/h4-6H,1-3H3,(H,16,17)(H,18,19)/b13-6-. The lowest BCUT2D eigenvalue weighted by Gasteiger charge is -2.08. The van der Waals surface area contributed by atoms with Crippen molar-refractivity contribution in [2.24, 2.45) is 0 Å². The second-order valence-corrected chi connectivity index (χ2v) is 4.18. The molecule has 19 heavy (non-hydrogen) atoms. The molecular weight excluding hydrogens is 244 g/mol. The largest absolute Gasteiger partial charge is 0.477 e. The van der Waals surface area contributed by atoms with Crippen molar-refractivity contribution in [2.45, 2.75) is 20.8 Å². The first-order valence-electron chi connectivity index (χ1n) is 5.59. The number of hydrogen-bond donors (Lipinski definition) is 2. The molecule has 0 aliphatic heterocycles. The molecule has 0 aliphatic carbocycles. The number of hydrogen-bond acceptors (Lipinski definition) is 3. The minimum Gasteiger partial charge on any atom is -0.477 e. The van der Waals surface area contributed by atoms with E-state index in [-0.39, 0.29) is 5.70 Å². The summed E-state index contributed by atoms with van der Waals surface area (Å²) in [5, 5.41) is 20.1. The average Bonchev–Trinajstić information content (AvgIpc) is 2.31. The molecule has 98 valence electrons. The van der Waals surface area contributed by atoms with E-state index >= 15 is 0 Å². The fourth-order valence-electron chi connectivity index (χ4n) is 1.75. The number of nitriles is 1. The van der Waals surface area contributed by atoms with Gasteiger partial charge in [0.05, 0.1) is 11.6 Å². The fourth-order valence-corrected chi connectivity index (χ4v) is 1.75. The van der Waals surface area contributed by atoms with E-state index in [0.717, 1.165) is 11.1 Å². The van der Waals surface area contributed by atoms with Crippen LogP contribution in [0.4, 0.5) is 0 Å². The summed E-state index contributed by atoms with van der Waals surface area (Å²) in [6.07, 6.45) is 1.40. The Hall–Kier alpha value is -2.61. The molecule has 1 aromatic carbocycles. The molecule has 5 heteroatoms. The predicted octanol–water partition coefficient (Wildman–Crippen LogP) is 1.74. The highest BCUT2D eigenvalue weighted by Crippen LogP contribution is 2.19. The summed E-state index contributed by atoms with van der Waals surface area (Å²) in [5.74, 6) is -1.66. The molecule has 0 aliphatic rings. The molecule has 0 fully saturated rings. The van der Waals surface area contributed by atoms with Gasteiger partial charge in [-0.15, -0.1) is 0 Å². The summed E-state index contributed by atoms with van der Waals surface area (Å²) < 4.78 is 0. The van der Waals surface area contributed by atoms with Crippen molar-refractivity contribution in [3.05, 3.63) is 40.1 Å². The van der Waals surface area contributed by atoms with Gasteiger partial charge in [0.1, 0.15) is 5.70 Å². The summed E-state index contributed by atoms with van der Waals surface area (Å²) in [7, 11) is 0. The summed E-state index contributed by atoms with van der Waals surface area (Å²) >= 11 is 0. The molecule has 1 aromatic rings. The van der Waals surface area contributed by atoms with Gasteiger partial charge >= 0.3 is 5.97 Å². The van der Waals surface area contributed by atoms with Crippen LogP contribution in [-0.2, 0) is 9.59 Å². The number of rotatable bonds is 3. The Bertz CT molecular complexity index is 587. The number of aliphatic carboxylic acids is 1. The lowest BCUT2D eigenvalue weighted by Crippen LogP contribution is -2.24. The monoisotopic (exact) mass is 258 g/mol. The zero-order chi connectivity index (χ0) is 14.6. The van der Waals surface area contributed by atoms with E-state index < -0.39 is 11.9 Å². The van der Waals surface area contributed by atoms with Gasteiger partial charge in [0.15, 0.2) is 0 Å². The number of amides is 1. The van der Waals surface area contributed by atoms with Gasteiger partial charge in [-0.2, -0.15) is 5.26 Å². The zero-order valence-corrected chi connectivity index (χ0v) is 10.9. The van der Waals surface area contributed by atoms with Crippen LogP contribution in [0.3, 0.4) is 0 Å². The molecule has 0 radical (unpaired) electrons. The van der Waals surface area contributed by atoms with Crippen molar-refractivity contribution < 1.29 is 14.7 Å². The van der Waals surface area contributed by atoms with Crippen molar-refractivity contribution >= 4 is 18.0 Å². The number of carboxylic acid groups (broad SMARTS) is 1. The van der Waals surface area contributed by atoms with E-state index in [9.17, 15) is 9.59 Å². The zero-order valence-electron chi connectivity index (χ0n) is 10.9. The molecule has 0 aromatic heterocycles. The van der Waals surface area contributed by atoms with Gasteiger partial charge < -0.3 is 10.4 Å². The summed E-state index contributed by atoms with van der Waals surface area (Å²) in [4.78, 5) is 22.0. The maximum absolute atomic E-state index is 11.0. The van der Waals surface area contributed by atoms with Crippen LogP contribution in [-0.4, -0.2) is 17.0 Å². The molecule has 0 saturated carbocycles. The van der Waals surface area contributed by atoms with Gasteiger partial charge in [0.25, 0.3) is 0 Å². The van der Waals surface area contributed by atoms with E-state index in [2.05, 4.69) is 5.32 Å². The van der Waals surface area contributed by atoms with Crippen LogP contribution in [0, 0.1) is 25.2 Å². The molecule has 0 saturated heterocycles.